The molecule has 2 saturated heterocycles. The summed E-state index contributed by atoms with van der Waals surface area (Å²) in [5.74, 6) is -0.644. The van der Waals surface area contributed by atoms with Gasteiger partial charge < -0.3 is 24.6 Å². The number of methoxy groups -OCH3 is 1. The van der Waals surface area contributed by atoms with Gasteiger partial charge in [-0.1, -0.05) is 78.1 Å². The summed E-state index contributed by atoms with van der Waals surface area (Å²) in [5, 5.41) is 12.0. The normalized spacial score (nSPS) is 26.8. The van der Waals surface area contributed by atoms with Crippen molar-refractivity contribution in [3.63, 3.8) is 0 Å². The van der Waals surface area contributed by atoms with Crippen molar-refractivity contribution in [2.45, 2.75) is 54.7 Å². The van der Waals surface area contributed by atoms with Crippen LogP contribution in [0.25, 0.3) is 0 Å². The lowest BCUT2D eigenvalue weighted by atomic mass is 9.90. The lowest BCUT2D eigenvalue weighted by Crippen LogP contribution is -2.46. The number of carbonyl (C=O) groups excluding carboxylic acids is 1. The molecule has 2 N–H and O–H groups in total. The largest absolute Gasteiger partial charge is 0.392 e. The van der Waals surface area contributed by atoms with E-state index >= 15 is 0 Å². The number of hydrogen-bond acceptors (Lipinski definition) is 6. The summed E-state index contributed by atoms with van der Waals surface area (Å²) in [6.45, 7) is 4.64. The monoisotopic (exact) mass is 570 g/mol. The molecular weight excluding hydrogens is 539 g/mol. The third-order valence-corrected chi connectivity index (χ3v) is 7.61. The number of carbonyl (C=O) groups is 1. The van der Waals surface area contributed by atoms with Gasteiger partial charge in [0.25, 0.3) is 9.70 Å². The highest BCUT2D eigenvalue weighted by molar-refractivity contribution is 6.76. The Balaban J connectivity index is 1.56. The number of benzene rings is 2. The Labute approximate surface area is 232 Å². The van der Waals surface area contributed by atoms with E-state index in [1.54, 1.807) is 19.2 Å². The molecule has 0 spiro atoms. The zero-order chi connectivity index (χ0) is 26.6. The highest BCUT2D eigenvalue weighted by atomic mass is 35.6. The molecular formula is C27H33Cl3N2O5. The van der Waals surface area contributed by atoms with E-state index in [-0.39, 0.29) is 24.7 Å². The van der Waals surface area contributed by atoms with Crippen molar-refractivity contribution in [2.24, 2.45) is 5.92 Å². The first-order chi connectivity index (χ1) is 17.7. The number of nitrogens with zero attached hydrogens (tertiary/aromatic N) is 1. The van der Waals surface area contributed by atoms with Crippen molar-refractivity contribution < 1.29 is 24.1 Å². The fourth-order valence-electron chi connectivity index (χ4n) is 5.00. The molecule has 4 rings (SSSR count). The Kier molecular flexibility index (Phi) is 9.75. The number of anilines is 1. The van der Waals surface area contributed by atoms with Crippen LogP contribution in [0.3, 0.4) is 0 Å². The van der Waals surface area contributed by atoms with Gasteiger partial charge in [0.2, 0.25) is 0 Å². The van der Waals surface area contributed by atoms with Crippen molar-refractivity contribution in [1.82, 2.24) is 4.90 Å². The van der Waals surface area contributed by atoms with Crippen molar-refractivity contribution >= 4 is 46.4 Å². The minimum atomic E-state index is -2.05. The van der Waals surface area contributed by atoms with Gasteiger partial charge in [0.15, 0.2) is 6.29 Å². The summed E-state index contributed by atoms with van der Waals surface area (Å²) in [6.07, 6.45) is 1.36. The Bertz CT molecular complexity index is 1030. The van der Waals surface area contributed by atoms with E-state index < -0.39 is 16.0 Å². The molecule has 0 bridgehead atoms. The van der Waals surface area contributed by atoms with E-state index in [9.17, 15) is 9.90 Å². The molecule has 0 saturated carbocycles. The first kappa shape index (κ1) is 28.6. The van der Waals surface area contributed by atoms with Crippen LogP contribution in [0.5, 0.6) is 0 Å². The SMILES string of the molecule is COC[C@@H]1CCCN1C[C@H]1O[C@@H](c2ccc(NC(=O)C(Cl)(Cl)Cl)cc2)O[C@@H](c2ccc(CO)cc2)[C@H]1C. The minimum absolute atomic E-state index is 0.00721. The molecule has 2 aromatic rings. The van der Waals surface area contributed by atoms with Gasteiger partial charge in [0.05, 0.1) is 25.4 Å². The summed E-state index contributed by atoms with van der Waals surface area (Å²) < 4.78 is 16.5. The molecule has 1 amide bonds. The maximum absolute atomic E-state index is 12.0. The van der Waals surface area contributed by atoms with Crippen molar-refractivity contribution in [2.75, 3.05) is 32.1 Å². The van der Waals surface area contributed by atoms with Crippen molar-refractivity contribution in [3.8, 4) is 0 Å². The van der Waals surface area contributed by atoms with Gasteiger partial charge in [-0.3, -0.25) is 9.69 Å². The number of hydrogen-bond donors (Lipinski definition) is 2. The van der Waals surface area contributed by atoms with Gasteiger partial charge >= 0.3 is 0 Å². The van der Waals surface area contributed by atoms with Crippen LogP contribution >= 0.6 is 34.8 Å². The van der Waals surface area contributed by atoms with Gasteiger partial charge in [-0.05, 0) is 42.6 Å². The Morgan fingerprint density at radius 3 is 2.41 bits per heavy atom. The van der Waals surface area contributed by atoms with Gasteiger partial charge in [0, 0.05) is 36.9 Å². The first-order valence-electron chi connectivity index (χ1n) is 12.4. The average molecular weight is 572 g/mol. The fourth-order valence-corrected chi connectivity index (χ4v) is 5.14. The third kappa shape index (κ3) is 7.16. The second-order valence-corrected chi connectivity index (χ2v) is 11.9. The number of amides is 1. The zero-order valence-corrected chi connectivity index (χ0v) is 23.2. The molecule has 2 heterocycles. The standard InChI is InChI=1S/C27H33Cl3N2O5/c1-17-23(14-32-13-3-4-22(32)16-35-2)36-25(37-24(17)19-7-5-18(15-33)6-8-19)20-9-11-21(12-10-20)31-26(34)27(28,29)30/h5-12,17,22-25,33H,3-4,13-16H2,1-2H3,(H,31,34)/t17-,22-,23+,24+,25+/m0/s1. The maximum Gasteiger partial charge on any atom is 0.276 e. The number of aliphatic hydroxyl groups is 1. The fraction of sp³-hybridized carbons (Fsp3) is 0.519. The topological polar surface area (TPSA) is 80.3 Å². The van der Waals surface area contributed by atoms with Crippen LogP contribution in [0.2, 0.25) is 0 Å². The van der Waals surface area contributed by atoms with Crippen LogP contribution in [0, 0.1) is 5.92 Å². The lowest BCUT2D eigenvalue weighted by Gasteiger charge is -2.43. The molecule has 0 aliphatic carbocycles. The Morgan fingerprint density at radius 2 is 1.78 bits per heavy atom. The van der Waals surface area contributed by atoms with Crippen molar-refractivity contribution in [3.05, 3.63) is 65.2 Å². The summed E-state index contributed by atoms with van der Waals surface area (Å²) in [7, 11) is 1.74. The summed E-state index contributed by atoms with van der Waals surface area (Å²) in [6, 6.07) is 15.3. The van der Waals surface area contributed by atoms with Gasteiger partial charge in [-0.25, -0.2) is 0 Å². The van der Waals surface area contributed by atoms with Gasteiger partial charge in [-0.15, -0.1) is 0 Å². The van der Waals surface area contributed by atoms with Crippen LogP contribution in [-0.4, -0.2) is 58.7 Å². The average Bonchev–Trinajstić information content (AvgIpc) is 3.32. The van der Waals surface area contributed by atoms with Gasteiger partial charge in [0.1, 0.15) is 0 Å². The summed E-state index contributed by atoms with van der Waals surface area (Å²) in [5.41, 5.74) is 3.19. The summed E-state index contributed by atoms with van der Waals surface area (Å²) >= 11 is 17.0. The molecule has 2 aliphatic rings. The molecule has 0 aromatic heterocycles. The lowest BCUT2D eigenvalue weighted by molar-refractivity contribution is -0.276. The van der Waals surface area contributed by atoms with E-state index in [0.717, 1.165) is 42.6 Å². The number of nitrogens with one attached hydrogen (secondary N) is 1. The van der Waals surface area contributed by atoms with Crippen LogP contribution in [0.1, 0.15) is 48.8 Å². The highest BCUT2D eigenvalue weighted by Crippen LogP contribution is 2.42. The zero-order valence-electron chi connectivity index (χ0n) is 20.9. The first-order valence-corrected chi connectivity index (χ1v) is 13.5. The van der Waals surface area contributed by atoms with Crippen LogP contribution in [-0.2, 0) is 25.6 Å². The number of alkyl halides is 3. The van der Waals surface area contributed by atoms with Crippen LogP contribution < -0.4 is 5.32 Å². The van der Waals surface area contributed by atoms with E-state index in [1.807, 2.05) is 36.4 Å². The molecule has 10 heteroatoms. The number of likely N-dealkylation sites (tertiary alicyclic amines) is 1. The molecule has 0 radical (unpaired) electrons. The summed E-state index contributed by atoms with van der Waals surface area (Å²) in [4.78, 5) is 14.5. The van der Waals surface area contributed by atoms with E-state index in [2.05, 4.69) is 17.1 Å². The number of aliphatic hydroxyl groups excluding tert-OH is 1. The second kappa shape index (κ2) is 12.6. The van der Waals surface area contributed by atoms with Crippen LogP contribution in [0.4, 0.5) is 5.69 Å². The number of halogens is 3. The van der Waals surface area contributed by atoms with Gasteiger partial charge in [-0.2, -0.15) is 0 Å². The minimum Gasteiger partial charge on any atom is -0.392 e. The Hall–Kier alpha value is -1.42. The Morgan fingerprint density at radius 1 is 1.11 bits per heavy atom. The number of rotatable bonds is 8. The predicted molar refractivity (Wildman–Crippen MR) is 145 cm³/mol. The molecule has 2 aromatic carbocycles. The second-order valence-electron chi connectivity index (χ2n) is 9.64. The third-order valence-electron chi connectivity index (χ3n) is 7.09. The quantitative estimate of drug-likeness (QED) is 0.414. The molecule has 202 valence electrons. The molecule has 2 aliphatic heterocycles. The maximum atomic E-state index is 12.0. The van der Waals surface area contributed by atoms with Crippen LogP contribution in [0.15, 0.2) is 48.5 Å². The smallest absolute Gasteiger partial charge is 0.276 e. The molecule has 37 heavy (non-hydrogen) atoms. The molecule has 5 atom stereocenters. The molecule has 2 fully saturated rings. The highest BCUT2D eigenvalue weighted by Gasteiger charge is 2.40. The molecule has 7 nitrogen and oxygen atoms in total. The van der Waals surface area contributed by atoms with E-state index in [0.29, 0.717) is 18.3 Å². The van der Waals surface area contributed by atoms with E-state index in [1.165, 1.54) is 0 Å². The number of ether oxygens (including phenoxy) is 3. The van der Waals surface area contributed by atoms with Crippen molar-refractivity contribution in [1.29, 1.82) is 0 Å². The predicted octanol–water partition coefficient (Wildman–Crippen LogP) is 5.39. The molecule has 0 unspecified atom stereocenters. The van der Waals surface area contributed by atoms with E-state index in [4.69, 9.17) is 49.0 Å².